The van der Waals surface area contributed by atoms with E-state index >= 15 is 0 Å². The molecule has 0 saturated heterocycles. The van der Waals surface area contributed by atoms with E-state index in [0.717, 1.165) is 16.7 Å². The first-order chi connectivity index (χ1) is 19.6. The van der Waals surface area contributed by atoms with Crippen LogP contribution in [0.5, 0.6) is 0 Å². The second-order valence-corrected chi connectivity index (χ2v) is 8.72. The van der Waals surface area contributed by atoms with Gasteiger partial charge in [0.05, 0.1) is 23.9 Å². The topological polar surface area (TPSA) is 123 Å². The second-order valence-electron chi connectivity index (χ2n) is 8.72. The van der Waals surface area contributed by atoms with Crippen molar-refractivity contribution in [1.29, 1.82) is 0 Å². The van der Waals surface area contributed by atoms with Gasteiger partial charge in [-0.1, -0.05) is 24.3 Å². The quantitative estimate of drug-likeness (QED) is 0.241. The van der Waals surface area contributed by atoms with Gasteiger partial charge in [-0.15, -0.1) is 0 Å². The molecule has 0 bridgehead atoms. The summed E-state index contributed by atoms with van der Waals surface area (Å²) in [7, 11) is 0. The van der Waals surface area contributed by atoms with Crippen molar-refractivity contribution >= 4 is 23.2 Å². The molecule has 4 heterocycles. The zero-order chi connectivity index (χ0) is 27.3. The lowest BCUT2D eigenvalue weighted by atomic mass is 10.1. The molecule has 40 heavy (non-hydrogen) atoms. The number of nitrogens with zero attached hydrogens (tertiary/aromatic N) is 3. The van der Waals surface area contributed by atoms with E-state index in [-0.39, 0.29) is 23.3 Å². The number of furan rings is 2. The Hall–Kier alpha value is -5.83. The third-order valence-corrected chi connectivity index (χ3v) is 6.03. The predicted molar refractivity (Wildman–Crippen MR) is 149 cm³/mol. The first-order valence-corrected chi connectivity index (χ1v) is 12.3. The van der Waals surface area contributed by atoms with E-state index in [2.05, 4.69) is 15.6 Å². The van der Waals surface area contributed by atoms with Crippen molar-refractivity contribution in [2.75, 3.05) is 10.6 Å². The molecule has 0 aliphatic heterocycles. The number of anilines is 2. The molecule has 2 N–H and O–H groups in total. The molecule has 2 amide bonds. The molecule has 4 aromatic heterocycles. The summed E-state index contributed by atoms with van der Waals surface area (Å²) in [6, 6.07) is 26.9. The van der Waals surface area contributed by atoms with Gasteiger partial charge in [0.1, 0.15) is 0 Å². The van der Waals surface area contributed by atoms with Crippen LogP contribution in [0.3, 0.4) is 0 Å². The molecular weight excluding hydrogens is 506 g/mol. The lowest BCUT2D eigenvalue weighted by Crippen LogP contribution is -2.10. The summed E-state index contributed by atoms with van der Waals surface area (Å²) in [5.41, 5.74) is 5.17. The maximum absolute atomic E-state index is 12.3. The van der Waals surface area contributed by atoms with Gasteiger partial charge in [0.15, 0.2) is 17.3 Å². The fourth-order valence-electron chi connectivity index (χ4n) is 4.02. The van der Waals surface area contributed by atoms with E-state index in [9.17, 15) is 9.59 Å². The Bertz CT molecular complexity index is 1640. The number of nitrogens with one attached hydrogen (secondary N) is 2. The van der Waals surface area contributed by atoms with Gasteiger partial charge in [0.2, 0.25) is 0 Å². The maximum Gasteiger partial charge on any atom is 0.291 e. The minimum atomic E-state index is -0.328. The number of hydrogen-bond donors (Lipinski definition) is 2. The highest BCUT2D eigenvalue weighted by Crippen LogP contribution is 2.29. The molecule has 9 heteroatoms. The van der Waals surface area contributed by atoms with Gasteiger partial charge in [-0.3, -0.25) is 14.6 Å². The van der Waals surface area contributed by atoms with Crippen LogP contribution >= 0.6 is 0 Å². The zero-order valence-corrected chi connectivity index (χ0v) is 20.9. The smallest absolute Gasteiger partial charge is 0.291 e. The van der Waals surface area contributed by atoms with Gasteiger partial charge in [-0.25, -0.2) is 9.97 Å². The molecule has 6 aromatic rings. The summed E-state index contributed by atoms with van der Waals surface area (Å²) in [6.07, 6.45) is 6.29. The molecular formula is C31H21N5O4. The molecule has 0 spiro atoms. The normalized spacial score (nSPS) is 10.7. The number of aromatic nitrogens is 3. The van der Waals surface area contributed by atoms with E-state index < -0.39 is 0 Å². The summed E-state index contributed by atoms with van der Waals surface area (Å²) >= 11 is 0. The Labute approximate surface area is 228 Å². The van der Waals surface area contributed by atoms with Gasteiger partial charge < -0.3 is 19.5 Å². The van der Waals surface area contributed by atoms with Crippen molar-refractivity contribution in [2.45, 2.75) is 0 Å². The second kappa shape index (κ2) is 10.9. The van der Waals surface area contributed by atoms with Crippen LogP contribution in [0.4, 0.5) is 11.4 Å². The number of rotatable bonds is 7. The molecule has 194 valence electrons. The first kappa shape index (κ1) is 24.5. The summed E-state index contributed by atoms with van der Waals surface area (Å²) < 4.78 is 10.3. The first-order valence-electron chi connectivity index (χ1n) is 12.3. The molecule has 0 aliphatic carbocycles. The average Bonchev–Trinajstić information content (AvgIpc) is 3.74. The number of carbonyl (C=O) groups excluding carboxylic acids is 2. The summed E-state index contributed by atoms with van der Waals surface area (Å²) in [5, 5.41) is 5.63. The molecule has 0 unspecified atom stereocenters. The minimum Gasteiger partial charge on any atom is -0.459 e. The zero-order valence-electron chi connectivity index (χ0n) is 20.9. The Morgan fingerprint density at radius 1 is 0.575 bits per heavy atom. The van der Waals surface area contributed by atoms with Crippen molar-refractivity contribution in [3.05, 3.63) is 127 Å². The van der Waals surface area contributed by atoms with Crippen LogP contribution in [-0.2, 0) is 0 Å². The van der Waals surface area contributed by atoms with E-state index in [1.165, 1.54) is 12.5 Å². The van der Waals surface area contributed by atoms with Crippen molar-refractivity contribution in [3.63, 3.8) is 0 Å². The number of pyridine rings is 1. The van der Waals surface area contributed by atoms with E-state index in [4.69, 9.17) is 18.8 Å². The van der Waals surface area contributed by atoms with Crippen LogP contribution in [0.15, 0.2) is 125 Å². The Balaban J connectivity index is 1.29. The van der Waals surface area contributed by atoms with Gasteiger partial charge in [-0.05, 0) is 66.7 Å². The summed E-state index contributed by atoms with van der Waals surface area (Å²) in [6.45, 7) is 0. The van der Waals surface area contributed by atoms with Crippen LogP contribution in [-0.4, -0.2) is 26.8 Å². The maximum atomic E-state index is 12.3. The lowest BCUT2D eigenvalue weighted by Gasteiger charge is -2.11. The van der Waals surface area contributed by atoms with Crippen molar-refractivity contribution in [2.24, 2.45) is 0 Å². The standard InChI is InChI=1S/C31H21N5O4/c37-30(27-3-1-17-39-27)33-23-9-5-20(6-10-23)25-19-26(36-29(35-25)22-13-15-32-16-14-22)21-7-11-24(12-8-21)34-31(38)28-4-2-18-40-28/h1-19H,(H,33,37)(H,34,38). The summed E-state index contributed by atoms with van der Waals surface area (Å²) in [4.78, 5) is 38.3. The van der Waals surface area contributed by atoms with E-state index in [1.807, 2.05) is 42.5 Å². The number of amides is 2. The molecule has 0 aliphatic rings. The molecule has 0 saturated carbocycles. The van der Waals surface area contributed by atoms with Crippen molar-refractivity contribution < 1.29 is 18.4 Å². The van der Waals surface area contributed by atoms with Crippen LogP contribution in [0.2, 0.25) is 0 Å². The fraction of sp³-hybridized carbons (Fsp3) is 0. The van der Waals surface area contributed by atoms with Crippen LogP contribution < -0.4 is 10.6 Å². The van der Waals surface area contributed by atoms with Crippen molar-refractivity contribution in [3.8, 4) is 33.9 Å². The number of benzene rings is 2. The molecule has 0 fully saturated rings. The SMILES string of the molecule is O=C(Nc1ccc(-c2cc(-c3ccc(NC(=O)c4ccco4)cc3)nc(-c3ccncc3)n2)cc1)c1ccco1. The minimum absolute atomic E-state index is 0.234. The fourth-order valence-corrected chi connectivity index (χ4v) is 4.02. The Kier molecular flexibility index (Phi) is 6.67. The lowest BCUT2D eigenvalue weighted by molar-refractivity contribution is 0.0989. The van der Waals surface area contributed by atoms with Crippen LogP contribution in [0.25, 0.3) is 33.9 Å². The Morgan fingerprint density at radius 2 is 1.05 bits per heavy atom. The highest BCUT2D eigenvalue weighted by molar-refractivity contribution is 6.03. The largest absolute Gasteiger partial charge is 0.459 e. The molecule has 6 rings (SSSR count). The van der Waals surface area contributed by atoms with Crippen LogP contribution in [0, 0.1) is 0 Å². The van der Waals surface area contributed by atoms with Gasteiger partial charge >= 0.3 is 0 Å². The monoisotopic (exact) mass is 527 g/mol. The highest BCUT2D eigenvalue weighted by atomic mass is 16.3. The third-order valence-electron chi connectivity index (χ3n) is 6.03. The van der Waals surface area contributed by atoms with Crippen molar-refractivity contribution in [1.82, 2.24) is 15.0 Å². The molecule has 2 aromatic carbocycles. The molecule has 0 radical (unpaired) electrons. The summed E-state index contributed by atoms with van der Waals surface area (Å²) in [5.74, 6) is 0.355. The van der Waals surface area contributed by atoms with E-state index in [1.54, 1.807) is 60.9 Å². The predicted octanol–water partition coefficient (Wildman–Crippen LogP) is 6.56. The van der Waals surface area contributed by atoms with Gasteiger partial charge in [0.25, 0.3) is 11.8 Å². The number of carbonyl (C=O) groups is 2. The third kappa shape index (κ3) is 5.39. The Morgan fingerprint density at radius 3 is 1.48 bits per heavy atom. The highest BCUT2D eigenvalue weighted by Gasteiger charge is 2.13. The van der Waals surface area contributed by atoms with Gasteiger partial charge in [-0.2, -0.15) is 0 Å². The van der Waals surface area contributed by atoms with Gasteiger partial charge in [0, 0.05) is 40.5 Å². The molecule has 9 nitrogen and oxygen atoms in total. The average molecular weight is 528 g/mol. The van der Waals surface area contributed by atoms with E-state index in [0.29, 0.717) is 28.6 Å². The number of hydrogen-bond acceptors (Lipinski definition) is 7. The van der Waals surface area contributed by atoms with Crippen LogP contribution in [0.1, 0.15) is 21.1 Å². The molecule has 0 atom stereocenters.